The molecule has 1 rings (SSSR count). The van der Waals surface area contributed by atoms with E-state index in [4.69, 9.17) is 14.7 Å². The molecule has 0 aliphatic carbocycles. The smallest absolute Gasteiger partial charge is 0.260 e. The van der Waals surface area contributed by atoms with Crippen molar-refractivity contribution in [3.8, 4) is 5.75 Å². The van der Waals surface area contributed by atoms with Crippen molar-refractivity contribution in [3.05, 3.63) is 29.3 Å². The van der Waals surface area contributed by atoms with Crippen LogP contribution in [-0.2, 0) is 9.53 Å². The van der Waals surface area contributed by atoms with Crippen LogP contribution in [0.1, 0.15) is 25.0 Å². The Morgan fingerprint density at radius 2 is 2.19 bits per heavy atom. The molecule has 21 heavy (non-hydrogen) atoms. The van der Waals surface area contributed by atoms with Gasteiger partial charge in [0.1, 0.15) is 5.75 Å². The van der Waals surface area contributed by atoms with Crippen molar-refractivity contribution in [2.75, 3.05) is 20.3 Å². The van der Waals surface area contributed by atoms with Gasteiger partial charge in [-0.3, -0.25) is 4.79 Å². The summed E-state index contributed by atoms with van der Waals surface area (Å²) in [6, 6.07) is 5.50. The van der Waals surface area contributed by atoms with E-state index in [1.165, 1.54) is 0 Å². The zero-order chi connectivity index (χ0) is 15.8. The lowest BCUT2D eigenvalue weighted by molar-refractivity contribution is -0.127. The van der Waals surface area contributed by atoms with E-state index < -0.39 is 6.10 Å². The molecule has 0 saturated heterocycles. The molecule has 0 aliphatic rings. The molecule has 0 saturated carbocycles. The normalized spacial score (nSPS) is 12.9. The van der Waals surface area contributed by atoms with Gasteiger partial charge >= 0.3 is 0 Å². The van der Waals surface area contributed by atoms with Crippen molar-refractivity contribution >= 4 is 11.6 Å². The van der Waals surface area contributed by atoms with Crippen LogP contribution in [0.4, 0.5) is 0 Å². The quantitative estimate of drug-likeness (QED) is 0.347. The highest BCUT2D eigenvalue weighted by Gasteiger charge is 2.17. The Hall–Kier alpha value is -2.08. The van der Waals surface area contributed by atoms with Crippen LogP contribution >= 0.6 is 0 Å². The largest absolute Gasteiger partial charge is 0.480 e. The van der Waals surface area contributed by atoms with Gasteiger partial charge in [-0.15, -0.1) is 0 Å². The Kier molecular flexibility index (Phi) is 6.68. The molecule has 6 heteroatoms. The van der Waals surface area contributed by atoms with Crippen LogP contribution in [0.15, 0.2) is 23.4 Å². The third kappa shape index (κ3) is 5.07. The molecule has 0 fully saturated rings. The van der Waals surface area contributed by atoms with Crippen LogP contribution in [0.2, 0.25) is 0 Å². The second-order valence-corrected chi connectivity index (χ2v) is 4.73. The lowest BCUT2D eigenvalue weighted by Crippen LogP contribution is -2.38. The van der Waals surface area contributed by atoms with Gasteiger partial charge in [-0.2, -0.15) is 0 Å². The lowest BCUT2D eigenvalue weighted by Gasteiger charge is -2.17. The third-order valence-corrected chi connectivity index (χ3v) is 2.96. The molecule has 6 nitrogen and oxygen atoms in total. The van der Waals surface area contributed by atoms with Crippen LogP contribution in [0.25, 0.3) is 0 Å². The summed E-state index contributed by atoms with van der Waals surface area (Å²) in [5.74, 6) is 0.290. The number of nitrogens with one attached hydrogen (secondary N) is 1. The number of amides is 1. The van der Waals surface area contributed by atoms with Crippen LogP contribution in [0.5, 0.6) is 5.75 Å². The fourth-order valence-corrected chi connectivity index (χ4v) is 1.74. The van der Waals surface area contributed by atoms with Gasteiger partial charge < -0.3 is 20.0 Å². The van der Waals surface area contributed by atoms with E-state index in [0.29, 0.717) is 30.2 Å². The first kappa shape index (κ1) is 17.0. The van der Waals surface area contributed by atoms with E-state index >= 15 is 0 Å². The summed E-state index contributed by atoms with van der Waals surface area (Å²) in [4.78, 5) is 11.9. The van der Waals surface area contributed by atoms with Gasteiger partial charge in [0.2, 0.25) is 0 Å². The van der Waals surface area contributed by atoms with Crippen LogP contribution < -0.4 is 10.1 Å². The van der Waals surface area contributed by atoms with E-state index in [0.717, 1.165) is 5.56 Å². The van der Waals surface area contributed by atoms with Crippen molar-refractivity contribution in [1.29, 1.82) is 0 Å². The van der Waals surface area contributed by atoms with E-state index in [-0.39, 0.29) is 5.91 Å². The van der Waals surface area contributed by atoms with Crippen molar-refractivity contribution in [2.45, 2.75) is 26.9 Å². The number of oxime groups is 1. The number of carbonyl (C=O) groups is 1. The molecule has 0 bridgehead atoms. The summed E-state index contributed by atoms with van der Waals surface area (Å²) in [6.45, 7) is 6.14. The average molecular weight is 294 g/mol. The minimum absolute atomic E-state index is 0.224. The number of benzene rings is 1. The molecular weight excluding hydrogens is 272 g/mol. The zero-order valence-corrected chi connectivity index (χ0v) is 12.8. The summed E-state index contributed by atoms with van der Waals surface area (Å²) in [5.41, 5.74) is 2.07. The monoisotopic (exact) mass is 294 g/mol. The number of rotatable bonds is 7. The summed E-state index contributed by atoms with van der Waals surface area (Å²) in [6.07, 6.45) is -0.658. The first-order valence-electron chi connectivity index (χ1n) is 6.72. The van der Waals surface area contributed by atoms with Crippen molar-refractivity contribution < 1.29 is 19.5 Å². The Morgan fingerprint density at radius 3 is 2.81 bits per heavy atom. The molecule has 1 aromatic rings. The minimum Gasteiger partial charge on any atom is -0.480 e. The highest BCUT2D eigenvalue weighted by Crippen LogP contribution is 2.22. The minimum atomic E-state index is -0.658. The molecule has 1 unspecified atom stereocenters. The SMILES string of the molecule is COCCNC(=O)C(C)Oc1cc(C)ccc1C(C)=NO. The molecule has 0 spiro atoms. The zero-order valence-electron chi connectivity index (χ0n) is 12.8. The molecule has 1 aromatic carbocycles. The Bertz CT molecular complexity index is 514. The number of methoxy groups -OCH3 is 1. The summed E-state index contributed by atoms with van der Waals surface area (Å²) >= 11 is 0. The van der Waals surface area contributed by atoms with Crippen LogP contribution in [0.3, 0.4) is 0 Å². The van der Waals surface area contributed by atoms with E-state index in [1.54, 1.807) is 27.0 Å². The summed E-state index contributed by atoms with van der Waals surface area (Å²) in [5, 5.41) is 14.8. The van der Waals surface area contributed by atoms with Crippen LogP contribution in [-0.4, -0.2) is 43.2 Å². The Morgan fingerprint density at radius 1 is 1.48 bits per heavy atom. The predicted molar refractivity (Wildman–Crippen MR) is 80.2 cm³/mol. The van der Waals surface area contributed by atoms with Gasteiger partial charge in [-0.25, -0.2) is 0 Å². The topological polar surface area (TPSA) is 80.2 Å². The molecule has 0 heterocycles. The Balaban J connectivity index is 2.81. The molecule has 1 atom stereocenters. The maximum absolute atomic E-state index is 11.9. The maximum atomic E-state index is 11.9. The van der Waals surface area contributed by atoms with E-state index in [9.17, 15) is 4.79 Å². The first-order chi connectivity index (χ1) is 9.99. The van der Waals surface area contributed by atoms with Gasteiger partial charge in [-0.1, -0.05) is 11.2 Å². The first-order valence-corrected chi connectivity index (χ1v) is 6.72. The van der Waals surface area contributed by atoms with Crippen molar-refractivity contribution in [2.24, 2.45) is 5.16 Å². The highest BCUT2D eigenvalue weighted by atomic mass is 16.5. The molecule has 116 valence electrons. The second-order valence-electron chi connectivity index (χ2n) is 4.73. The van der Waals surface area contributed by atoms with Gasteiger partial charge in [-0.05, 0) is 38.5 Å². The summed E-state index contributed by atoms with van der Waals surface area (Å²) in [7, 11) is 1.57. The predicted octanol–water partition coefficient (Wildman–Crippen LogP) is 1.72. The number of aryl methyl sites for hydroxylation is 1. The fraction of sp³-hybridized carbons (Fsp3) is 0.467. The molecule has 0 aromatic heterocycles. The average Bonchev–Trinajstić information content (AvgIpc) is 2.46. The van der Waals surface area contributed by atoms with Gasteiger partial charge in [0.05, 0.1) is 12.3 Å². The fourth-order valence-electron chi connectivity index (χ4n) is 1.74. The number of ether oxygens (including phenoxy) is 2. The molecule has 2 N–H and O–H groups in total. The van der Waals surface area contributed by atoms with Gasteiger partial charge in [0, 0.05) is 19.2 Å². The molecule has 1 amide bonds. The number of carbonyl (C=O) groups excluding carboxylic acids is 1. The van der Waals surface area contributed by atoms with Crippen molar-refractivity contribution in [3.63, 3.8) is 0 Å². The standard InChI is InChI=1S/C15H22N2O4/c1-10-5-6-13(11(2)17-19)14(9-10)21-12(3)15(18)16-7-8-20-4/h5-6,9,12,19H,7-8H2,1-4H3,(H,16,18). The highest BCUT2D eigenvalue weighted by molar-refractivity contribution is 6.00. The maximum Gasteiger partial charge on any atom is 0.260 e. The second kappa shape index (κ2) is 8.26. The number of hydrogen-bond acceptors (Lipinski definition) is 5. The summed E-state index contributed by atoms with van der Waals surface area (Å²) < 4.78 is 10.6. The van der Waals surface area contributed by atoms with E-state index in [1.807, 2.05) is 19.1 Å². The molecule has 0 radical (unpaired) electrons. The third-order valence-electron chi connectivity index (χ3n) is 2.96. The molecular formula is C15H22N2O4. The van der Waals surface area contributed by atoms with Crippen LogP contribution in [0, 0.1) is 6.92 Å². The van der Waals surface area contributed by atoms with Gasteiger partial charge in [0.15, 0.2) is 6.10 Å². The molecule has 0 aliphatic heterocycles. The van der Waals surface area contributed by atoms with Gasteiger partial charge in [0.25, 0.3) is 5.91 Å². The lowest BCUT2D eigenvalue weighted by atomic mass is 10.1. The number of nitrogens with zero attached hydrogens (tertiary/aromatic N) is 1. The van der Waals surface area contributed by atoms with E-state index in [2.05, 4.69) is 10.5 Å². The number of hydrogen-bond donors (Lipinski definition) is 2. The Labute approximate surface area is 124 Å². The van der Waals surface area contributed by atoms with Crippen molar-refractivity contribution in [1.82, 2.24) is 5.32 Å².